The van der Waals surface area contributed by atoms with Crippen LogP contribution >= 0.6 is 11.6 Å². The van der Waals surface area contributed by atoms with Gasteiger partial charge >= 0.3 is 0 Å². The SMILES string of the molecule is O=C(CCCNC(=O)c1ccc(Cl)cc1)NC1CCN(C(=O)c2ccoc2)CC1. The third-order valence-corrected chi connectivity index (χ3v) is 5.14. The number of likely N-dealkylation sites (tertiary alicyclic amines) is 1. The van der Waals surface area contributed by atoms with E-state index in [1.807, 2.05) is 0 Å². The zero-order chi connectivity index (χ0) is 20.6. The predicted molar refractivity (Wildman–Crippen MR) is 109 cm³/mol. The van der Waals surface area contributed by atoms with Gasteiger partial charge in [-0.25, -0.2) is 0 Å². The molecule has 29 heavy (non-hydrogen) atoms. The number of piperidine rings is 1. The average molecular weight is 418 g/mol. The first-order valence-electron chi connectivity index (χ1n) is 9.67. The van der Waals surface area contributed by atoms with Crippen molar-refractivity contribution in [1.82, 2.24) is 15.5 Å². The van der Waals surface area contributed by atoms with Crippen LogP contribution in [0.1, 0.15) is 46.4 Å². The lowest BCUT2D eigenvalue weighted by Crippen LogP contribution is -2.46. The lowest BCUT2D eigenvalue weighted by molar-refractivity contribution is -0.122. The van der Waals surface area contributed by atoms with Crippen LogP contribution in [0, 0.1) is 0 Å². The van der Waals surface area contributed by atoms with Gasteiger partial charge in [0.2, 0.25) is 5.91 Å². The standard InChI is InChI=1S/C21H24ClN3O4/c22-17-5-3-15(4-6-17)20(27)23-10-1-2-19(26)24-18-7-11-25(12-8-18)21(28)16-9-13-29-14-16/h3-6,9,13-14,18H,1-2,7-8,10-12H2,(H,23,27)(H,24,26). The number of furan rings is 1. The Morgan fingerprint density at radius 2 is 1.79 bits per heavy atom. The van der Waals surface area contributed by atoms with Gasteiger partial charge in [0.25, 0.3) is 11.8 Å². The summed E-state index contributed by atoms with van der Waals surface area (Å²) in [7, 11) is 0. The lowest BCUT2D eigenvalue weighted by atomic mass is 10.0. The van der Waals surface area contributed by atoms with Crippen LogP contribution < -0.4 is 10.6 Å². The second-order valence-corrected chi connectivity index (χ2v) is 7.45. The van der Waals surface area contributed by atoms with Gasteiger partial charge < -0.3 is 20.0 Å². The molecule has 154 valence electrons. The second-order valence-electron chi connectivity index (χ2n) is 7.01. The van der Waals surface area contributed by atoms with Crippen molar-refractivity contribution >= 4 is 29.3 Å². The maximum atomic E-state index is 12.3. The number of nitrogens with one attached hydrogen (secondary N) is 2. The zero-order valence-electron chi connectivity index (χ0n) is 16.0. The molecule has 0 saturated carbocycles. The van der Waals surface area contributed by atoms with E-state index in [9.17, 15) is 14.4 Å². The summed E-state index contributed by atoms with van der Waals surface area (Å²) in [6.45, 7) is 1.63. The number of halogens is 1. The maximum Gasteiger partial charge on any atom is 0.257 e. The molecule has 2 aromatic rings. The van der Waals surface area contributed by atoms with Gasteiger partial charge in [-0.3, -0.25) is 14.4 Å². The van der Waals surface area contributed by atoms with Crippen LogP contribution in [-0.4, -0.2) is 48.3 Å². The summed E-state index contributed by atoms with van der Waals surface area (Å²) in [5.74, 6) is -0.262. The number of benzene rings is 1. The van der Waals surface area contributed by atoms with Gasteiger partial charge in [0.05, 0.1) is 11.8 Å². The number of amides is 3. The predicted octanol–water partition coefficient (Wildman–Crippen LogP) is 2.86. The van der Waals surface area contributed by atoms with E-state index in [-0.39, 0.29) is 23.8 Å². The first-order valence-corrected chi connectivity index (χ1v) is 10.1. The molecular formula is C21H24ClN3O4. The van der Waals surface area contributed by atoms with Crippen LogP contribution in [0.4, 0.5) is 0 Å². The van der Waals surface area contributed by atoms with Crippen molar-refractivity contribution < 1.29 is 18.8 Å². The van der Waals surface area contributed by atoms with Crippen LogP contribution in [-0.2, 0) is 4.79 Å². The van der Waals surface area contributed by atoms with Gasteiger partial charge in [-0.2, -0.15) is 0 Å². The number of hydrogen-bond donors (Lipinski definition) is 2. The monoisotopic (exact) mass is 417 g/mol. The Hall–Kier alpha value is -2.80. The van der Waals surface area contributed by atoms with E-state index in [2.05, 4.69) is 10.6 Å². The number of rotatable bonds is 7. The highest BCUT2D eigenvalue weighted by atomic mass is 35.5. The van der Waals surface area contributed by atoms with Crippen molar-refractivity contribution in [2.75, 3.05) is 19.6 Å². The van der Waals surface area contributed by atoms with Gasteiger partial charge in [-0.05, 0) is 49.6 Å². The fourth-order valence-electron chi connectivity index (χ4n) is 3.25. The number of nitrogens with zero attached hydrogens (tertiary/aromatic N) is 1. The summed E-state index contributed by atoms with van der Waals surface area (Å²) < 4.78 is 4.96. The van der Waals surface area contributed by atoms with E-state index >= 15 is 0 Å². The van der Waals surface area contributed by atoms with Crippen molar-refractivity contribution in [2.24, 2.45) is 0 Å². The first-order chi connectivity index (χ1) is 14.0. The molecule has 2 N–H and O–H groups in total. The first kappa shape index (κ1) is 20.9. The average Bonchev–Trinajstić information content (AvgIpc) is 3.26. The van der Waals surface area contributed by atoms with Crippen LogP contribution in [0.3, 0.4) is 0 Å². The Bertz CT molecular complexity index is 828. The van der Waals surface area contributed by atoms with E-state index in [1.165, 1.54) is 12.5 Å². The molecular weight excluding hydrogens is 394 g/mol. The molecule has 3 rings (SSSR count). The molecule has 2 heterocycles. The Morgan fingerprint density at radius 1 is 1.07 bits per heavy atom. The quantitative estimate of drug-likeness (QED) is 0.677. The van der Waals surface area contributed by atoms with E-state index in [0.717, 1.165) is 12.8 Å². The normalized spacial score (nSPS) is 14.4. The highest BCUT2D eigenvalue weighted by Crippen LogP contribution is 2.14. The van der Waals surface area contributed by atoms with Crippen LogP contribution in [0.15, 0.2) is 47.3 Å². The molecule has 0 atom stereocenters. The van der Waals surface area contributed by atoms with Gasteiger partial charge in [0, 0.05) is 42.7 Å². The summed E-state index contributed by atoms with van der Waals surface area (Å²) in [5.41, 5.74) is 1.09. The highest BCUT2D eigenvalue weighted by molar-refractivity contribution is 6.30. The van der Waals surface area contributed by atoms with Gasteiger partial charge in [0.15, 0.2) is 0 Å². The van der Waals surface area contributed by atoms with Crippen molar-refractivity contribution in [3.8, 4) is 0 Å². The molecule has 0 spiro atoms. The summed E-state index contributed by atoms with van der Waals surface area (Å²) in [5, 5.41) is 6.39. The minimum atomic E-state index is -0.184. The molecule has 0 unspecified atom stereocenters. The van der Waals surface area contributed by atoms with E-state index in [0.29, 0.717) is 48.6 Å². The van der Waals surface area contributed by atoms with Gasteiger partial charge in [-0.1, -0.05) is 11.6 Å². The molecule has 0 radical (unpaired) electrons. The molecule has 1 fully saturated rings. The fraction of sp³-hybridized carbons (Fsp3) is 0.381. The number of carbonyl (C=O) groups excluding carboxylic acids is 3. The van der Waals surface area contributed by atoms with Gasteiger partial charge in [-0.15, -0.1) is 0 Å². The minimum absolute atomic E-state index is 0.0367. The zero-order valence-corrected chi connectivity index (χ0v) is 16.8. The summed E-state index contributed by atoms with van der Waals surface area (Å²) in [6.07, 6.45) is 5.28. The van der Waals surface area contributed by atoms with E-state index in [1.54, 1.807) is 35.2 Å². The Kier molecular flexibility index (Phi) is 7.30. The molecule has 0 aliphatic carbocycles. The molecule has 1 aliphatic rings. The fourth-order valence-corrected chi connectivity index (χ4v) is 3.38. The molecule has 1 aliphatic heterocycles. The third kappa shape index (κ3) is 6.09. The van der Waals surface area contributed by atoms with Crippen molar-refractivity contribution in [2.45, 2.75) is 31.7 Å². The number of carbonyl (C=O) groups is 3. The molecule has 1 aromatic heterocycles. The second kappa shape index (κ2) is 10.1. The molecule has 3 amide bonds. The Labute approximate surface area is 174 Å². The molecule has 8 heteroatoms. The van der Waals surface area contributed by atoms with Crippen molar-refractivity contribution in [3.05, 3.63) is 59.0 Å². The summed E-state index contributed by atoms with van der Waals surface area (Å²) in [4.78, 5) is 38.2. The molecule has 1 aromatic carbocycles. The Morgan fingerprint density at radius 3 is 2.45 bits per heavy atom. The molecule has 0 bridgehead atoms. The molecule has 1 saturated heterocycles. The van der Waals surface area contributed by atoms with Crippen LogP contribution in [0.5, 0.6) is 0 Å². The van der Waals surface area contributed by atoms with Gasteiger partial charge in [0.1, 0.15) is 6.26 Å². The minimum Gasteiger partial charge on any atom is -0.472 e. The molecule has 7 nitrogen and oxygen atoms in total. The largest absolute Gasteiger partial charge is 0.472 e. The van der Waals surface area contributed by atoms with Crippen molar-refractivity contribution in [1.29, 1.82) is 0 Å². The van der Waals surface area contributed by atoms with Crippen molar-refractivity contribution in [3.63, 3.8) is 0 Å². The van der Waals surface area contributed by atoms with Crippen LogP contribution in [0.25, 0.3) is 0 Å². The smallest absolute Gasteiger partial charge is 0.257 e. The third-order valence-electron chi connectivity index (χ3n) is 4.89. The maximum absolute atomic E-state index is 12.3. The van der Waals surface area contributed by atoms with E-state index < -0.39 is 0 Å². The topological polar surface area (TPSA) is 91.7 Å². The van der Waals surface area contributed by atoms with E-state index in [4.69, 9.17) is 16.0 Å². The number of hydrogen-bond acceptors (Lipinski definition) is 4. The Balaban J connectivity index is 1.31. The lowest BCUT2D eigenvalue weighted by Gasteiger charge is -2.32. The highest BCUT2D eigenvalue weighted by Gasteiger charge is 2.24. The van der Waals surface area contributed by atoms with Crippen LogP contribution in [0.2, 0.25) is 5.02 Å². The summed E-state index contributed by atoms with van der Waals surface area (Å²) >= 11 is 5.81. The summed E-state index contributed by atoms with van der Waals surface area (Å²) in [6, 6.07) is 8.37.